The molecule has 12 heteroatoms. The minimum Gasteiger partial charge on any atom is -0.442 e. The number of alkyl halides is 3. The van der Waals surface area contributed by atoms with E-state index in [1.165, 1.54) is 13.1 Å². The number of aromatic amines is 1. The van der Waals surface area contributed by atoms with Crippen molar-refractivity contribution >= 4 is 10.0 Å². The van der Waals surface area contributed by atoms with Crippen LogP contribution in [0.25, 0.3) is 11.5 Å². The van der Waals surface area contributed by atoms with Crippen LogP contribution in [-0.2, 0) is 22.7 Å². The van der Waals surface area contributed by atoms with Gasteiger partial charge in [-0.15, -0.1) is 0 Å². The molecule has 0 aliphatic heterocycles. The summed E-state index contributed by atoms with van der Waals surface area (Å²) in [4.78, 5) is 0. The molecule has 0 spiro atoms. The summed E-state index contributed by atoms with van der Waals surface area (Å²) >= 11 is 0. The maximum Gasteiger partial charge on any atom is 0.432 e. The van der Waals surface area contributed by atoms with Crippen LogP contribution >= 0.6 is 0 Å². The maximum absolute atomic E-state index is 12.6. The first-order chi connectivity index (χ1) is 12.1. The molecule has 140 valence electrons. The minimum absolute atomic E-state index is 0.0592. The average Bonchev–Trinajstić information content (AvgIpc) is 3.25. The van der Waals surface area contributed by atoms with Crippen LogP contribution in [-0.4, -0.2) is 35.1 Å². The third-order valence-corrected chi connectivity index (χ3v) is 5.12. The predicted molar refractivity (Wildman–Crippen MR) is 81.2 cm³/mol. The number of rotatable bonds is 5. The molecule has 3 aromatic rings. The highest BCUT2D eigenvalue weighted by molar-refractivity contribution is 7.88. The van der Waals surface area contributed by atoms with Gasteiger partial charge in [0.05, 0.1) is 12.2 Å². The van der Waals surface area contributed by atoms with Gasteiger partial charge in [0.15, 0.2) is 5.76 Å². The Kier molecular flexibility index (Phi) is 4.40. The number of halogens is 3. The van der Waals surface area contributed by atoms with Gasteiger partial charge in [-0.1, -0.05) is 5.16 Å². The summed E-state index contributed by atoms with van der Waals surface area (Å²) in [6, 6.07) is 4.70. The molecule has 0 bridgehead atoms. The molecule has 0 radical (unpaired) electrons. The van der Waals surface area contributed by atoms with Crippen molar-refractivity contribution in [1.82, 2.24) is 19.7 Å². The summed E-state index contributed by atoms with van der Waals surface area (Å²) in [6.45, 7) is 1.61. The fourth-order valence-corrected chi connectivity index (χ4v) is 3.19. The van der Waals surface area contributed by atoms with Gasteiger partial charge in [0.2, 0.25) is 5.09 Å². The third kappa shape index (κ3) is 3.51. The molecule has 0 atom stereocenters. The second kappa shape index (κ2) is 6.29. The summed E-state index contributed by atoms with van der Waals surface area (Å²) in [6.07, 6.45) is -4.59. The van der Waals surface area contributed by atoms with Crippen LogP contribution in [0.2, 0.25) is 0 Å². The number of hydrogen-bond acceptors (Lipinski definition) is 6. The Balaban J connectivity index is 1.82. The Morgan fingerprint density at radius 1 is 1.27 bits per heavy atom. The van der Waals surface area contributed by atoms with E-state index < -0.39 is 27.0 Å². The first kappa shape index (κ1) is 18.2. The van der Waals surface area contributed by atoms with E-state index in [1.807, 2.05) is 5.10 Å². The Bertz CT molecular complexity index is 1020. The minimum atomic E-state index is -4.59. The highest BCUT2D eigenvalue weighted by atomic mass is 32.2. The molecular weight excluding hydrogens is 377 g/mol. The third-order valence-electron chi connectivity index (χ3n) is 3.44. The first-order valence-electron chi connectivity index (χ1n) is 7.19. The van der Waals surface area contributed by atoms with E-state index in [1.54, 1.807) is 13.0 Å². The summed E-state index contributed by atoms with van der Waals surface area (Å²) in [7, 11) is -2.69. The zero-order valence-electron chi connectivity index (χ0n) is 13.5. The summed E-state index contributed by atoms with van der Waals surface area (Å²) in [5, 5.41) is 8.62. The van der Waals surface area contributed by atoms with Crippen LogP contribution < -0.4 is 0 Å². The Morgan fingerprint density at radius 3 is 2.58 bits per heavy atom. The summed E-state index contributed by atoms with van der Waals surface area (Å²) in [5.41, 5.74) is -0.817. The molecule has 0 saturated carbocycles. The molecule has 0 aromatic carbocycles. The Hall–Kier alpha value is -2.60. The van der Waals surface area contributed by atoms with E-state index in [0.717, 1.165) is 16.4 Å². The number of sulfonamides is 1. The zero-order chi connectivity index (χ0) is 19.1. The van der Waals surface area contributed by atoms with Crippen molar-refractivity contribution < 1.29 is 30.5 Å². The maximum atomic E-state index is 12.6. The van der Waals surface area contributed by atoms with E-state index >= 15 is 0 Å². The number of furan rings is 1. The lowest BCUT2D eigenvalue weighted by Gasteiger charge is -2.13. The normalized spacial score (nSPS) is 12.8. The highest BCUT2D eigenvalue weighted by Gasteiger charge is 2.34. The lowest BCUT2D eigenvalue weighted by molar-refractivity contribution is -0.141. The Morgan fingerprint density at radius 2 is 2.00 bits per heavy atom. The molecule has 0 amide bonds. The molecule has 0 aliphatic carbocycles. The van der Waals surface area contributed by atoms with Crippen molar-refractivity contribution in [3.05, 3.63) is 41.4 Å². The van der Waals surface area contributed by atoms with Gasteiger partial charge in [0.1, 0.15) is 17.1 Å². The van der Waals surface area contributed by atoms with Gasteiger partial charge in [-0.05, 0) is 25.1 Å². The number of H-pyrrole nitrogens is 1. The van der Waals surface area contributed by atoms with Crippen LogP contribution in [0.1, 0.15) is 17.1 Å². The quantitative estimate of drug-likeness (QED) is 0.718. The number of aryl methyl sites for hydroxylation is 1. The zero-order valence-corrected chi connectivity index (χ0v) is 14.3. The average molecular weight is 390 g/mol. The molecule has 3 aromatic heterocycles. The molecule has 3 heterocycles. The van der Waals surface area contributed by atoms with Crippen LogP contribution in [0.4, 0.5) is 13.2 Å². The monoisotopic (exact) mass is 390 g/mol. The van der Waals surface area contributed by atoms with E-state index in [4.69, 9.17) is 8.94 Å². The van der Waals surface area contributed by atoms with Crippen molar-refractivity contribution in [2.24, 2.45) is 0 Å². The molecular formula is C14H13F3N4O4S. The molecule has 0 fully saturated rings. The highest BCUT2D eigenvalue weighted by Crippen LogP contribution is 2.31. The van der Waals surface area contributed by atoms with Gasteiger partial charge in [0, 0.05) is 13.1 Å². The van der Waals surface area contributed by atoms with Crippen molar-refractivity contribution in [2.45, 2.75) is 24.7 Å². The van der Waals surface area contributed by atoms with E-state index in [9.17, 15) is 21.6 Å². The lowest BCUT2D eigenvalue weighted by Crippen LogP contribution is -2.26. The smallest absolute Gasteiger partial charge is 0.432 e. The molecule has 0 aliphatic rings. The van der Waals surface area contributed by atoms with Crippen LogP contribution in [0.5, 0.6) is 0 Å². The Labute approximate surface area is 145 Å². The van der Waals surface area contributed by atoms with Crippen molar-refractivity contribution in [3.63, 3.8) is 0 Å². The molecule has 1 N–H and O–H groups in total. The number of nitrogens with one attached hydrogen (secondary N) is 1. The van der Waals surface area contributed by atoms with Crippen molar-refractivity contribution in [2.75, 3.05) is 7.05 Å². The lowest BCUT2D eigenvalue weighted by atomic mass is 10.3. The van der Waals surface area contributed by atoms with Gasteiger partial charge in [0.25, 0.3) is 10.0 Å². The number of hydrogen-bond donors (Lipinski definition) is 1. The molecule has 26 heavy (non-hydrogen) atoms. The standard InChI is InChI=1S/C14H13F3N4O4S/c1-8-5-9(20-25-8)7-21(2)26(22,23)13-4-3-11(24-13)10-6-12(19-18-10)14(15,16)17/h3-6H,7H2,1-2H3,(H,18,19). The van der Waals surface area contributed by atoms with Crippen LogP contribution in [0, 0.1) is 6.92 Å². The summed E-state index contributed by atoms with van der Waals surface area (Å²) in [5.74, 6) is 0.422. The van der Waals surface area contributed by atoms with Gasteiger partial charge < -0.3 is 8.94 Å². The van der Waals surface area contributed by atoms with E-state index in [-0.39, 0.29) is 18.0 Å². The molecule has 0 saturated heterocycles. The largest absolute Gasteiger partial charge is 0.442 e. The van der Waals surface area contributed by atoms with Gasteiger partial charge in [-0.25, -0.2) is 8.42 Å². The fraction of sp³-hybridized carbons (Fsp3) is 0.286. The van der Waals surface area contributed by atoms with E-state index in [0.29, 0.717) is 11.5 Å². The SMILES string of the molecule is Cc1cc(CN(C)S(=O)(=O)c2ccc(-c3cc(C(F)(F)F)[nH]n3)o2)no1. The van der Waals surface area contributed by atoms with Gasteiger partial charge in [-0.2, -0.15) is 22.6 Å². The second-order valence-electron chi connectivity index (χ2n) is 5.47. The molecule has 0 unspecified atom stereocenters. The molecule has 3 rings (SSSR count). The van der Waals surface area contributed by atoms with Gasteiger partial charge in [-0.3, -0.25) is 5.10 Å². The molecule has 8 nitrogen and oxygen atoms in total. The number of nitrogens with zero attached hydrogens (tertiary/aromatic N) is 3. The van der Waals surface area contributed by atoms with Crippen molar-refractivity contribution in [1.29, 1.82) is 0 Å². The topological polar surface area (TPSA) is 105 Å². The fourth-order valence-electron chi connectivity index (χ4n) is 2.15. The summed E-state index contributed by atoms with van der Waals surface area (Å²) < 4.78 is 73.9. The predicted octanol–water partition coefficient (Wildman–Crippen LogP) is 2.81. The number of aromatic nitrogens is 3. The first-order valence-corrected chi connectivity index (χ1v) is 8.63. The van der Waals surface area contributed by atoms with Gasteiger partial charge >= 0.3 is 6.18 Å². The van der Waals surface area contributed by atoms with Crippen LogP contribution in [0.15, 0.2) is 38.3 Å². The second-order valence-corrected chi connectivity index (χ2v) is 7.45. The van der Waals surface area contributed by atoms with E-state index in [2.05, 4.69) is 10.3 Å². The van der Waals surface area contributed by atoms with Crippen LogP contribution in [0.3, 0.4) is 0 Å². The van der Waals surface area contributed by atoms with Crippen molar-refractivity contribution in [3.8, 4) is 11.5 Å².